The fourth-order valence-corrected chi connectivity index (χ4v) is 3.83. The zero-order chi connectivity index (χ0) is 15.5. The van der Waals surface area contributed by atoms with Crippen LogP contribution in [-0.4, -0.2) is 10.9 Å². The summed E-state index contributed by atoms with van der Waals surface area (Å²) in [5.74, 6) is 0.535. The van der Waals surface area contributed by atoms with E-state index < -0.39 is 0 Å². The number of aryl methyl sites for hydroxylation is 2. The van der Waals surface area contributed by atoms with Crippen LogP contribution in [0.2, 0.25) is 0 Å². The number of carbonyl (C=O) groups is 1. The Balaban J connectivity index is 1.63. The lowest BCUT2D eigenvalue weighted by Crippen LogP contribution is -2.21. The van der Waals surface area contributed by atoms with E-state index in [0.29, 0.717) is 12.4 Å². The molecule has 0 radical (unpaired) electrons. The number of aromatic nitrogens is 1. The first-order chi connectivity index (χ1) is 10.7. The number of thiophene rings is 2. The number of rotatable bonds is 5. The van der Waals surface area contributed by atoms with Crippen LogP contribution in [0, 0.1) is 6.92 Å². The molecule has 3 heterocycles. The molecule has 0 aliphatic rings. The van der Waals surface area contributed by atoms with Crippen LogP contribution < -0.4 is 5.32 Å². The maximum Gasteiger partial charge on any atom is 0.261 e. The summed E-state index contributed by atoms with van der Waals surface area (Å²) in [6, 6.07) is 5.86. The molecule has 22 heavy (non-hydrogen) atoms. The molecule has 0 atom stereocenters. The Morgan fingerprint density at radius 2 is 2.32 bits per heavy atom. The lowest BCUT2D eigenvalue weighted by atomic mass is 10.2. The molecule has 0 bridgehead atoms. The van der Waals surface area contributed by atoms with Gasteiger partial charge in [-0.1, -0.05) is 13.0 Å². The molecule has 0 aromatic carbocycles. The zero-order valence-corrected chi connectivity index (χ0v) is 14.0. The fraction of sp³-hybridized carbons (Fsp3) is 0.250. The quantitative estimate of drug-likeness (QED) is 0.759. The summed E-state index contributed by atoms with van der Waals surface area (Å²) in [6.07, 6.45) is 2.55. The van der Waals surface area contributed by atoms with E-state index in [1.54, 1.807) is 28.9 Å². The zero-order valence-electron chi connectivity index (χ0n) is 12.4. The van der Waals surface area contributed by atoms with Crippen molar-refractivity contribution in [2.24, 2.45) is 0 Å². The summed E-state index contributed by atoms with van der Waals surface area (Å²) in [5.41, 5.74) is 1.90. The van der Waals surface area contributed by atoms with Crippen molar-refractivity contribution in [3.63, 3.8) is 0 Å². The Kier molecular flexibility index (Phi) is 4.40. The van der Waals surface area contributed by atoms with Crippen LogP contribution in [0.1, 0.15) is 32.7 Å². The van der Waals surface area contributed by atoms with Crippen molar-refractivity contribution in [2.45, 2.75) is 26.8 Å². The van der Waals surface area contributed by atoms with Crippen molar-refractivity contribution in [3.8, 4) is 10.8 Å². The molecular weight excluding hydrogens is 316 g/mol. The highest BCUT2D eigenvalue weighted by molar-refractivity contribution is 7.14. The molecule has 0 saturated carbocycles. The SMILES string of the molecule is CCc1sc(C(=O)NCc2coc(-c3cccs3)n2)cc1C. The first-order valence-electron chi connectivity index (χ1n) is 7.03. The van der Waals surface area contributed by atoms with Gasteiger partial charge in [0.1, 0.15) is 6.26 Å². The average Bonchev–Trinajstić information content (AvgIpc) is 3.24. The van der Waals surface area contributed by atoms with Crippen molar-refractivity contribution < 1.29 is 9.21 Å². The number of oxazole rings is 1. The van der Waals surface area contributed by atoms with Gasteiger partial charge in [-0.3, -0.25) is 4.79 Å². The first kappa shape index (κ1) is 15.0. The van der Waals surface area contributed by atoms with E-state index in [9.17, 15) is 4.79 Å². The van der Waals surface area contributed by atoms with Gasteiger partial charge < -0.3 is 9.73 Å². The van der Waals surface area contributed by atoms with Gasteiger partial charge in [-0.05, 0) is 36.4 Å². The number of hydrogen-bond acceptors (Lipinski definition) is 5. The lowest BCUT2D eigenvalue weighted by molar-refractivity contribution is 0.0954. The molecule has 4 nitrogen and oxygen atoms in total. The molecule has 3 aromatic heterocycles. The molecule has 1 N–H and O–H groups in total. The number of nitrogens with one attached hydrogen (secondary N) is 1. The Morgan fingerprint density at radius 3 is 3.00 bits per heavy atom. The third-order valence-electron chi connectivity index (χ3n) is 3.28. The molecule has 6 heteroatoms. The fourth-order valence-electron chi connectivity index (χ4n) is 2.14. The molecule has 114 valence electrons. The summed E-state index contributed by atoms with van der Waals surface area (Å²) < 4.78 is 5.44. The van der Waals surface area contributed by atoms with Crippen LogP contribution in [0.15, 0.2) is 34.3 Å². The Bertz CT molecular complexity index is 772. The van der Waals surface area contributed by atoms with Gasteiger partial charge in [0.25, 0.3) is 5.91 Å². The number of hydrogen-bond donors (Lipinski definition) is 1. The van der Waals surface area contributed by atoms with Gasteiger partial charge in [0.05, 0.1) is 22.0 Å². The predicted octanol–water partition coefficient (Wildman–Crippen LogP) is 4.27. The Hall–Kier alpha value is -1.92. The topological polar surface area (TPSA) is 55.1 Å². The van der Waals surface area contributed by atoms with Crippen molar-refractivity contribution in [2.75, 3.05) is 0 Å². The van der Waals surface area contributed by atoms with Crippen LogP contribution >= 0.6 is 22.7 Å². The average molecular weight is 332 g/mol. The number of carbonyl (C=O) groups excluding carboxylic acids is 1. The van der Waals surface area contributed by atoms with E-state index in [0.717, 1.165) is 21.9 Å². The summed E-state index contributed by atoms with van der Waals surface area (Å²) in [4.78, 5) is 19.6. The van der Waals surface area contributed by atoms with Crippen LogP contribution in [0.25, 0.3) is 10.8 Å². The number of amides is 1. The standard InChI is InChI=1S/C16H16N2O2S2/c1-3-12-10(2)7-14(22-12)15(19)17-8-11-9-20-16(18-11)13-5-4-6-21-13/h4-7,9H,3,8H2,1-2H3,(H,17,19). The maximum absolute atomic E-state index is 12.2. The van der Waals surface area contributed by atoms with Crippen LogP contribution in [0.3, 0.4) is 0 Å². The van der Waals surface area contributed by atoms with Crippen LogP contribution in [0.5, 0.6) is 0 Å². The van der Waals surface area contributed by atoms with Gasteiger partial charge in [0, 0.05) is 4.88 Å². The summed E-state index contributed by atoms with van der Waals surface area (Å²) >= 11 is 3.13. The third-order valence-corrected chi connectivity index (χ3v) is 5.52. The largest absolute Gasteiger partial charge is 0.443 e. The van der Waals surface area contributed by atoms with E-state index in [1.807, 2.05) is 30.5 Å². The van der Waals surface area contributed by atoms with Crippen LogP contribution in [-0.2, 0) is 13.0 Å². The van der Waals surface area contributed by atoms with Crippen molar-refractivity contribution in [3.05, 3.63) is 50.9 Å². The van der Waals surface area contributed by atoms with E-state index in [-0.39, 0.29) is 5.91 Å². The van der Waals surface area contributed by atoms with E-state index in [1.165, 1.54) is 10.4 Å². The van der Waals surface area contributed by atoms with Gasteiger partial charge in [-0.2, -0.15) is 0 Å². The lowest BCUT2D eigenvalue weighted by Gasteiger charge is -1.99. The molecule has 0 fully saturated rings. The van der Waals surface area contributed by atoms with Gasteiger partial charge in [-0.25, -0.2) is 4.98 Å². The van der Waals surface area contributed by atoms with Gasteiger partial charge in [0.2, 0.25) is 5.89 Å². The van der Waals surface area contributed by atoms with Crippen molar-refractivity contribution in [1.29, 1.82) is 0 Å². The predicted molar refractivity (Wildman–Crippen MR) is 89.4 cm³/mol. The Morgan fingerprint density at radius 1 is 1.45 bits per heavy atom. The van der Waals surface area contributed by atoms with Gasteiger partial charge >= 0.3 is 0 Å². The smallest absolute Gasteiger partial charge is 0.261 e. The second-order valence-electron chi connectivity index (χ2n) is 4.87. The second kappa shape index (κ2) is 6.46. The highest BCUT2D eigenvalue weighted by atomic mass is 32.1. The van der Waals surface area contributed by atoms with E-state index >= 15 is 0 Å². The highest BCUT2D eigenvalue weighted by Crippen LogP contribution is 2.24. The second-order valence-corrected chi connectivity index (χ2v) is 6.96. The minimum atomic E-state index is -0.0616. The maximum atomic E-state index is 12.2. The first-order valence-corrected chi connectivity index (χ1v) is 8.72. The summed E-state index contributed by atoms with van der Waals surface area (Å²) in [7, 11) is 0. The summed E-state index contributed by atoms with van der Waals surface area (Å²) in [5, 5.41) is 4.87. The molecule has 0 aliphatic heterocycles. The molecule has 0 unspecified atom stereocenters. The van der Waals surface area contributed by atoms with Crippen molar-refractivity contribution in [1.82, 2.24) is 10.3 Å². The summed E-state index contributed by atoms with van der Waals surface area (Å²) in [6.45, 7) is 4.51. The molecule has 0 saturated heterocycles. The number of nitrogens with zero attached hydrogens (tertiary/aromatic N) is 1. The monoisotopic (exact) mass is 332 g/mol. The molecule has 0 spiro atoms. The van der Waals surface area contributed by atoms with Gasteiger partial charge in [0.15, 0.2) is 0 Å². The normalized spacial score (nSPS) is 10.8. The molecule has 0 aliphatic carbocycles. The minimum Gasteiger partial charge on any atom is -0.443 e. The van der Waals surface area contributed by atoms with E-state index in [2.05, 4.69) is 17.2 Å². The Labute approximate surface area is 136 Å². The molecule has 3 aromatic rings. The van der Waals surface area contributed by atoms with E-state index in [4.69, 9.17) is 4.42 Å². The third kappa shape index (κ3) is 3.13. The molecule has 1 amide bonds. The van der Waals surface area contributed by atoms with Crippen LogP contribution in [0.4, 0.5) is 0 Å². The molecular formula is C16H16N2O2S2. The van der Waals surface area contributed by atoms with Gasteiger partial charge in [-0.15, -0.1) is 22.7 Å². The van der Waals surface area contributed by atoms with Crippen molar-refractivity contribution >= 4 is 28.6 Å². The minimum absolute atomic E-state index is 0.0616. The highest BCUT2D eigenvalue weighted by Gasteiger charge is 2.13. The molecule has 3 rings (SSSR count).